The summed E-state index contributed by atoms with van der Waals surface area (Å²) in [5.41, 5.74) is 8.63. The average Bonchev–Trinajstić information content (AvgIpc) is 3.30. The molecule has 0 saturated heterocycles. The van der Waals surface area contributed by atoms with Gasteiger partial charge in [-0.25, -0.2) is 9.50 Å². The summed E-state index contributed by atoms with van der Waals surface area (Å²) in [6, 6.07) is 12.5. The maximum absolute atomic E-state index is 13.0. The highest BCUT2D eigenvalue weighted by Crippen LogP contribution is 2.27. The number of imidazole rings is 1. The van der Waals surface area contributed by atoms with Crippen LogP contribution in [-0.2, 0) is 0 Å². The molecule has 178 valence electrons. The van der Waals surface area contributed by atoms with Crippen LogP contribution in [0.3, 0.4) is 0 Å². The second kappa shape index (κ2) is 9.80. The number of nitrogens with zero attached hydrogens (tertiary/aromatic N) is 4. The fraction of sp³-hybridized carbons (Fsp3) is 0.240. The highest BCUT2D eigenvalue weighted by Gasteiger charge is 2.19. The zero-order valence-electron chi connectivity index (χ0n) is 19.1. The molecule has 10 heteroatoms. The third-order valence-electron chi connectivity index (χ3n) is 6.04. The monoisotopic (exact) mass is 470 g/mol. The van der Waals surface area contributed by atoms with Crippen molar-refractivity contribution in [3.63, 3.8) is 0 Å². The summed E-state index contributed by atoms with van der Waals surface area (Å²) in [6.07, 6.45) is 10.5. The zero-order valence-corrected chi connectivity index (χ0v) is 19.1. The standard InChI is InChI=1S/C25H26N8O2/c26-23(34)16-6-8-18(9-7-16)29-20-14-22(30-17-4-2-1-3-5-17)32-33-21(15-28-24(20)33)25(35)31-19-10-12-27-13-11-19/h6-15,17,29H,1-5H2,(H2,26,34)(H,30,32)(H,27,31,35). The number of amides is 2. The van der Waals surface area contributed by atoms with Crippen LogP contribution in [0.5, 0.6) is 0 Å². The van der Waals surface area contributed by atoms with Gasteiger partial charge in [0.2, 0.25) is 5.91 Å². The molecule has 1 aromatic carbocycles. The highest BCUT2D eigenvalue weighted by molar-refractivity contribution is 6.03. The summed E-state index contributed by atoms with van der Waals surface area (Å²) in [6.45, 7) is 0. The molecule has 0 radical (unpaired) electrons. The molecule has 1 saturated carbocycles. The van der Waals surface area contributed by atoms with Gasteiger partial charge in [-0.15, -0.1) is 5.10 Å². The predicted molar refractivity (Wildman–Crippen MR) is 134 cm³/mol. The lowest BCUT2D eigenvalue weighted by Crippen LogP contribution is -2.24. The van der Waals surface area contributed by atoms with Crippen molar-refractivity contribution in [2.24, 2.45) is 5.73 Å². The minimum absolute atomic E-state index is 0.302. The molecule has 35 heavy (non-hydrogen) atoms. The van der Waals surface area contributed by atoms with Gasteiger partial charge < -0.3 is 21.7 Å². The van der Waals surface area contributed by atoms with E-state index in [4.69, 9.17) is 10.8 Å². The molecule has 5 N–H and O–H groups in total. The summed E-state index contributed by atoms with van der Waals surface area (Å²) in [5.74, 6) is -0.167. The number of hydrogen-bond donors (Lipinski definition) is 4. The van der Waals surface area contributed by atoms with Gasteiger partial charge in [0.25, 0.3) is 5.91 Å². The summed E-state index contributed by atoms with van der Waals surface area (Å²) in [4.78, 5) is 32.9. The van der Waals surface area contributed by atoms with E-state index in [0.717, 1.165) is 18.5 Å². The largest absolute Gasteiger partial charge is 0.366 e. The number of nitrogens with two attached hydrogens (primary N) is 1. The van der Waals surface area contributed by atoms with E-state index in [-0.39, 0.29) is 5.91 Å². The van der Waals surface area contributed by atoms with Crippen LogP contribution in [-0.4, -0.2) is 37.4 Å². The average molecular weight is 471 g/mol. The topological polar surface area (TPSA) is 139 Å². The Bertz CT molecular complexity index is 1350. The molecule has 1 fully saturated rings. The molecule has 0 unspecified atom stereocenters. The number of carbonyl (C=O) groups is 2. The van der Waals surface area contributed by atoms with Gasteiger partial charge in [0.15, 0.2) is 11.3 Å². The Morgan fingerprint density at radius 3 is 2.43 bits per heavy atom. The maximum atomic E-state index is 13.0. The third kappa shape index (κ3) is 5.06. The van der Waals surface area contributed by atoms with Crippen LogP contribution in [0.1, 0.15) is 53.0 Å². The molecule has 2 amide bonds. The van der Waals surface area contributed by atoms with Crippen molar-refractivity contribution in [3.8, 4) is 0 Å². The number of rotatable bonds is 7. The molecule has 0 bridgehead atoms. The lowest BCUT2D eigenvalue weighted by Gasteiger charge is -2.23. The van der Waals surface area contributed by atoms with Crippen LogP contribution < -0.4 is 21.7 Å². The van der Waals surface area contributed by atoms with Crippen molar-refractivity contribution in [3.05, 3.63) is 72.3 Å². The molecule has 4 aromatic rings. The smallest absolute Gasteiger partial charge is 0.276 e. The first-order valence-corrected chi connectivity index (χ1v) is 11.6. The van der Waals surface area contributed by atoms with E-state index in [1.165, 1.54) is 25.5 Å². The number of primary amides is 1. The van der Waals surface area contributed by atoms with Crippen LogP contribution >= 0.6 is 0 Å². The third-order valence-corrected chi connectivity index (χ3v) is 6.04. The van der Waals surface area contributed by atoms with Gasteiger partial charge in [-0.3, -0.25) is 14.6 Å². The SMILES string of the molecule is NC(=O)c1ccc(Nc2cc(NC3CCCCC3)nn3c(C(=O)Nc4ccncc4)cnc23)cc1. The Morgan fingerprint density at radius 2 is 1.71 bits per heavy atom. The summed E-state index contributed by atoms with van der Waals surface area (Å²) in [7, 11) is 0. The van der Waals surface area contributed by atoms with Crippen molar-refractivity contribution in [2.75, 3.05) is 16.0 Å². The second-order valence-corrected chi connectivity index (χ2v) is 8.56. The van der Waals surface area contributed by atoms with Crippen molar-refractivity contribution in [1.82, 2.24) is 19.6 Å². The number of pyridine rings is 1. The molecule has 0 aliphatic heterocycles. The molecule has 5 rings (SSSR count). The van der Waals surface area contributed by atoms with Crippen molar-refractivity contribution < 1.29 is 9.59 Å². The van der Waals surface area contributed by atoms with E-state index in [9.17, 15) is 9.59 Å². The predicted octanol–water partition coefficient (Wildman–Crippen LogP) is 3.96. The second-order valence-electron chi connectivity index (χ2n) is 8.56. The zero-order chi connectivity index (χ0) is 24.2. The summed E-state index contributed by atoms with van der Waals surface area (Å²) in [5, 5.41) is 14.4. The van der Waals surface area contributed by atoms with Gasteiger partial charge in [-0.05, 0) is 49.2 Å². The Hall–Kier alpha value is -4.47. The van der Waals surface area contributed by atoms with E-state index >= 15 is 0 Å². The highest BCUT2D eigenvalue weighted by atomic mass is 16.2. The van der Waals surface area contributed by atoms with Crippen LogP contribution in [0, 0.1) is 0 Å². The van der Waals surface area contributed by atoms with Gasteiger partial charge in [-0.1, -0.05) is 19.3 Å². The lowest BCUT2D eigenvalue weighted by atomic mass is 9.95. The van der Waals surface area contributed by atoms with E-state index in [1.807, 2.05) is 6.07 Å². The molecule has 3 heterocycles. The molecular formula is C25H26N8O2. The number of hydrogen-bond acceptors (Lipinski definition) is 7. The Kier molecular flexibility index (Phi) is 6.25. The first-order chi connectivity index (χ1) is 17.1. The van der Waals surface area contributed by atoms with Gasteiger partial charge in [0.05, 0.1) is 11.9 Å². The minimum Gasteiger partial charge on any atom is -0.366 e. The normalized spacial score (nSPS) is 13.9. The number of fused-ring (bicyclic) bond motifs is 1. The Morgan fingerprint density at radius 1 is 0.971 bits per heavy atom. The van der Waals surface area contributed by atoms with E-state index < -0.39 is 5.91 Å². The number of benzene rings is 1. The molecule has 3 aromatic heterocycles. The Balaban J connectivity index is 1.50. The van der Waals surface area contributed by atoms with Crippen LogP contribution in [0.2, 0.25) is 0 Å². The molecule has 10 nitrogen and oxygen atoms in total. The lowest BCUT2D eigenvalue weighted by molar-refractivity contribution is 0.0996. The molecule has 1 aliphatic rings. The first kappa shape index (κ1) is 22.3. The van der Waals surface area contributed by atoms with E-state index in [2.05, 4.69) is 25.9 Å². The van der Waals surface area contributed by atoms with Crippen LogP contribution in [0.15, 0.2) is 61.1 Å². The number of nitrogens with one attached hydrogen (secondary N) is 3. The van der Waals surface area contributed by atoms with Crippen LogP contribution in [0.25, 0.3) is 5.65 Å². The van der Waals surface area contributed by atoms with Crippen LogP contribution in [0.4, 0.5) is 22.9 Å². The quantitative estimate of drug-likeness (QED) is 0.320. The molecule has 1 aliphatic carbocycles. The fourth-order valence-corrected chi connectivity index (χ4v) is 4.25. The number of aromatic nitrogens is 4. The van der Waals surface area contributed by atoms with E-state index in [1.54, 1.807) is 53.3 Å². The summed E-state index contributed by atoms with van der Waals surface area (Å²) < 4.78 is 1.54. The molecule has 0 spiro atoms. The van der Waals surface area contributed by atoms with Crippen molar-refractivity contribution >= 4 is 40.3 Å². The maximum Gasteiger partial charge on any atom is 0.276 e. The van der Waals surface area contributed by atoms with Gasteiger partial charge in [0, 0.05) is 41.4 Å². The van der Waals surface area contributed by atoms with Crippen molar-refractivity contribution in [1.29, 1.82) is 0 Å². The molecular weight excluding hydrogens is 444 g/mol. The summed E-state index contributed by atoms with van der Waals surface area (Å²) >= 11 is 0. The van der Waals surface area contributed by atoms with E-state index in [0.29, 0.717) is 40.1 Å². The minimum atomic E-state index is -0.486. The van der Waals surface area contributed by atoms with Crippen molar-refractivity contribution in [2.45, 2.75) is 38.1 Å². The first-order valence-electron chi connectivity index (χ1n) is 11.6. The fourth-order valence-electron chi connectivity index (χ4n) is 4.25. The van der Waals surface area contributed by atoms with Gasteiger partial charge >= 0.3 is 0 Å². The Labute approximate surface area is 202 Å². The number of anilines is 4. The number of carbonyl (C=O) groups excluding carboxylic acids is 2. The van der Waals surface area contributed by atoms with Gasteiger partial charge in [0.1, 0.15) is 5.82 Å². The molecule has 0 atom stereocenters. The van der Waals surface area contributed by atoms with Gasteiger partial charge in [-0.2, -0.15) is 0 Å².